The van der Waals surface area contributed by atoms with Crippen LogP contribution in [0.5, 0.6) is 0 Å². The van der Waals surface area contributed by atoms with Crippen LogP contribution >= 0.6 is 7.60 Å². The highest BCUT2D eigenvalue weighted by atomic mass is 31.2. The second kappa shape index (κ2) is 13.9. The minimum atomic E-state index is -4.11. The number of rotatable bonds is 14. The molecule has 0 heterocycles. The largest absolute Gasteiger partial charge is 0.778 e. The van der Waals surface area contributed by atoms with Gasteiger partial charge in [0.05, 0.1) is 21.1 Å². The van der Waals surface area contributed by atoms with Crippen LogP contribution in [-0.2, 0) is 21.7 Å². The van der Waals surface area contributed by atoms with Gasteiger partial charge in [0.1, 0.15) is 20.7 Å². The monoisotopic (exact) mass is 536 g/mol. The van der Waals surface area contributed by atoms with E-state index in [-0.39, 0.29) is 18.7 Å². The highest BCUT2D eigenvalue weighted by molar-refractivity contribution is 7.50. The van der Waals surface area contributed by atoms with Gasteiger partial charge in [-0.3, -0.25) is 4.79 Å². The lowest BCUT2D eigenvalue weighted by Gasteiger charge is -2.28. The summed E-state index contributed by atoms with van der Waals surface area (Å²) in [5.74, 6) is -0.293. The minimum absolute atomic E-state index is 0.118. The molecule has 3 rings (SSSR count). The first-order chi connectivity index (χ1) is 18.1. The van der Waals surface area contributed by atoms with Gasteiger partial charge in [-0.25, -0.2) is 0 Å². The van der Waals surface area contributed by atoms with Gasteiger partial charge in [0.15, 0.2) is 0 Å². The van der Waals surface area contributed by atoms with Gasteiger partial charge in [0, 0.05) is 17.4 Å². The first-order valence-corrected chi connectivity index (χ1v) is 15.1. The van der Waals surface area contributed by atoms with Crippen molar-refractivity contribution in [2.45, 2.75) is 45.2 Å². The average Bonchev–Trinajstić information content (AvgIpc) is 2.87. The lowest BCUT2D eigenvalue weighted by molar-refractivity contribution is -0.870. The van der Waals surface area contributed by atoms with E-state index in [4.69, 9.17) is 4.52 Å². The van der Waals surface area contributed by atoms with Gasteiger partial charge in [-0.1, -0.05) is 80.8 Å². The van der Waals surface area contributed by atoms with Crippen molar-refractivity contribution in [3.8, 4) is 11.1 Å². The Kier molecular flexibility index (Phi) is 10.9. The number of aryl methyl sites for hydroxylation is 1. The predicted octanol–water partition coefficient (Wildman–Crippen LogP) is 6.50. The molecule has 0 saturated heterocycles. The summed E-state index contributed by atoms with van der Waals surface area (Å²) in [6.45, 7) is 2.91. The van der Waals surface area contributed by atoms with Crippen LogP contribution in [-0.4, -0.2) is 44.7 Å². The predicted molar refractivity (Wildman–Crippen MR) is 154 cm³/mol. The number of carbonyl (C=O) groups excluding carboxylic acids is 1. The molecule has 1 unspecified atom stereocenters. The van der Waals surface area contributed by atoms with Crippen LogP contribution in [0.4, 0.5) is 5.69 Å². The van der Waals surface area contributed by atoms with Crippen molar-refractivity contribution in [1.82, 2.24) is 0 Å². The fraction of sp³-hybridized carbons (Fsp3) is 0.387. The van der Waals surface area contributed by atoms with Gasteiger partial charge < -0.3 is 23.8 Å². The number of carbonyl (C=O) groups is 1. The molecule has 1 atom stereocenters. The van der Waals surface area contributed by atoms with E-state index in [0.29, 0.717) is 27.8 Å². The summed E-state index contributed by atoms with van der Waals surface area (Å²) in [4.78, 5) is 25.5. The zero-order chi connectivity index (χ0) is 27.6. The second-order valence-corrected chi connectivity index (χ2v) is 12.6. The molecule has 0 aliphatic rings. The summed E-state index contributed by atoms with van der Waals surface area (Å²) < 4.78 is 18.4. The van der Waals surface area contributed by atoms with Crippen LogP contribution in [0.1, 0.15) is 54.1 Å². The molecule has 7 heteroatoms. The van der Waals surface area contributed by atoms with Gasteiger partial charge in [-0.05, 0) is 53.3 Å². The summed E-state index contributed by atoms with van der Waals surface area (Å²) in [5.41, 5.74) is 4.95. The lowest BCUT2D eigenvalue weighted by atomic mass is 10.00. The molecule has 0 bridgehead atoms. The minimum Gasteiger partial charge on any atom is -0.778 e. The summed E-state index contributed by atoms with van der Waals surface area (Å²) in [5, 5.41) is 2.87. The van der Waals surface area contributed by atoms with Crippen molar-refractivity contribution in [3.05, 3.63) is 89.5 Å². The van der Waals surface area contributed by atoms with Crippen LogP contribution < -0.4 is 10.2 Å². The smallest absolute Gasteiger partial charge is 0.255 e. The van der Waals surface area contributed by atoms with Gasteiger partial charge in [-0.15, -0.1) is 0 Å². The molecular formula is C31H41N2O4P. The third-order valence-corrected chi connectivity index (χ3v) is 7.74. The first-order valence-electron chi connectivity index (χ1n) is 13.4. The SMILES string of the molecule is CCCCCCc1ccc(-c2ccc(C(=O)Nc3ccccc3CP(=O)([O-])OCC[N+](C)(C)C)cc2)cc1. The molecule has 38 heavy (non-hydrogen) atoms. The third kappa shape index (κ3) is 9.85. The Morgan fingerprint density at radius 3 is 2.16 bits per heavy atom. The summed E-state index contributed by atoms with van der Waals surface area (Å²) in [7, 11) is 1.82. The van der Waals surface area contributed by atoms with Crippen molar-refractivity contribution < 1.29 is 23.3 Å². The number of benzene rings is 3. The number of amides is 1. The Hall–Kier alpha value is -2.76. The standard InChI is InChI=1S/C31H41N2O4P/c1-5-6-7-8-11-25-14-16-26(17-15-25)27-18-20-28(21-19-27)31(34)32-30-13-10-9-12-29(30)24-38(35,36)37-23-22-33(2,3)4/h9-10,12-21H,5-8,11,22-24H2,1-4H3,(H-,32,34,35,36). The van der Waals surface area contributed by atoms with Gasteiger partial charge in [-0.2, -0.15) is 0 Å². The molecule has 0 radical (unpaired) electrons. The highest BCUT2D eigenvalue weighted by Gasteiger charge is 2.17. The van der Waals surface area contributed by atoms with E-state index in [0.717, 1.165) is 17.5 Å². The van der Waals surface area contributed by atoms with E-state index in [2.05, 4.69) is 36.5 Å². The van der Waals surface area contributed by atoms with Gasteiger partial charge >= 0.3 is 0 Å². The number of hydrogen-bond acceptors (Lipinski definition) is 4. The lowest BCUT2D eigenvalue weighted by Crippen LogP contribution is -2.37. The number of hydrogen-bond donors (Lipinski definition) is 1. The Morgan fingerprint density at radius 1 is 0.895 bits per heavy atom. The van der Waals surface area contributed by atoms with E-state index in [1.165, 1.54) is 31.2 Å². The van der Waals surface area contributed by atoms with Gasteiger partial charge in [0.25, 0.3) is 5.91 Å². The quantitative estimate of drug-likeness (QED) is 0.145. The maximum atomic E-state index is 13.0. The number of nitrogens with one attached hydrogen (secondary N) is 1. The van der Waals surface area contributed by atoms with E-state index in [1.807, 2.05) is 33.3 Å². The average molecular weight is 537 g/mol. The van der Waals surface area contributed by atoms with E-state index >= 15 is 0 Å². The van der Waals surface area contributed by atoms with Crippen LogP contribution in [0, 0.1) is 0 Å². The molecule has 204 valence electrons. The Morgan fingerprint density at radius 2 is 1.53 bits per heavy atom. The molecule has 0 aliphatic heterocycles. The van der Waals surface area contributed by atoms with E-state index in [9.17, 15) is 14.3 Å². The maximum absolute atomic E-state index is 13.0. The maximum Gasteiger partial charge on any atom is 0.255 e. The zero-order valence-electron chi connectivity index (χ0n) is 23.1. The highest BCUT2D eigenvalue weighted by Crippen LogP contribution is 2.42. The van der Waals surface area contributed by atoms with Crippen molar-refractivity contribution in [1.29, 1.82) is 0 Å². The molecule has 0 spiro atoms. The fourth-order valence-electron chi connectivity index (χ4n) is 4.12. The molecule has 0 aromatic heterocycles. The summed E-state index contributed by atoms with van der Waals surface area (Å²) in [6, 6.07) is 23.0. The van der Waals surface area contributed by atoms with Crippen LogP contribution in [0.3, 0.4) is 0 Å². The van der Waals surface area contributed by atoms with Crippen LogP contribution in [0.2, 0.25) is 0 Å². The molecule has 0 aliphatic carbocycles. The fourth-order valence-corrected chi connectivity index (χ4v) is 5.26. The second-order valence-electron chi connectivity index (χ2n) is 10.8. The number of unbranched alkanes of at least 4 members (excludes halogenated alkanes) is 3. The molecule has 3 aromatic carbocycles. The van der Waals surface area contributed by atoms with Gasteiger partial charge in [0.2, 0.25) is 0 Å². The molecular weight excluding hydrogens is 495 g/mol. The Bertz CT molecular complexity index is 1220. The Balaban J connectivity index is 1.61. The zero-order valence-corrected chi connectivity index (χ0v) is 24.0. The van der Waals surface area contributed by atoms with Crippen molar-refractivity contribution >= 4 is 19.2 Å². The topological polar surface area (TPSA) is 78.5 Å². The summed E-state index contributed by atoms with van der Waals surface area (Å²) >= 11 is 0. The van der Waals surface area contributed by atoms with Crippen LogP contribution in [0.15, 0.2) is 72.8 Å². The summed E-state index contributed by atoms with van der Waals surface area (Å²) in [6.07, 6.45) is 5.84. The van der Waals surface area contributed by atoms with Crippen molar-refractivity contribution in [3.63, 3.8) is 0 Å². The van der Waals surface area contributed by atoms with E-state index in [1.54, 1.807) is 36.4 Å². The number of nitrogens with zero attached hydrogens (tertiary/aromatic N) is 1. The van der Waals surface area contributed by atoms with Crippen molar-refractivity contribution in [2.75, 3.05) is 39.6 Å². The molecule has 0 saturated carbocycles. The first kappa shape index (κ1) is 29.8. The molecule has 1 N–H and O–H groups in total. The number of quaternary nitrogens is 1. The molecule has 6 nitrogen and oxygen atoms in total. The van der Waals surface area contributed by atoms with Crippen LogP contribution in [0.25, 0.3) is 11.1 Å². The Labute approximate surface area is 227 Å². The normalized spacial score (nSPS) is 13.2. The number of anilines is 1. The van der Waals surface area contributed by atoms with E-state index < -0.39 is 7.60 Å². The molecule has 1 amide bonds. The number of likely N-dealkylation sites (N-methyl/N-ethyl adjacent to an activating group) is 1. The molecule has 0 fully saturated rings. The number of para-hydroxylation sites is 1. The van der Waals surface area contributed by atoms with Crippen molar-refractivity contribution in [2.24, 2.45) is 0 Å². The molecule has 3 aromatic rings. The third-order valence-electron chi connectivity index (χ3n) is 6.43.